The number of nitrogens with zero attached hydrogens (tertiary/aromatic N) is 1. The van der Waals surface area contributed by atoms with Gasteiger partial charge in [0.05, 0.1) is 11.4 Å². The molecule has 0 saturated heterocycles. The summed E-state index contributed by atoms with van der Waals surface area (Å²) in [5.74, 6) is -1.73. The van der Waals surface area contributed by atoms with Crippen LogP contribution in [0.2, 0.25) is 0 Å². The third-order valence-corrected chi connectivity index (χ3v) is 2.23. The summed E-state index contributed by atoms with van der Waals surface area (Å²) in [4.78, 5) is 14.6. The molecule has 0 amide bonds. The minimum Gasteiger partial charge on any atom is -0.289 e. The zero-order chi connectivity index (χ0) is 10.1. The van der Waals surface area contributed by atoms with Crippen molar-refractivity contribution in [3.8, 4) is 0 Å². The summed E-state index contributed by atoms with van der Waals surface area (Å²) in [6, 6.07) is 0. The average molecular weight is 209 g/mol. The maximum absolute atomic E-state index is 11.8. The van der Waals surface area contributed by atoms with Gasteiger partial charge in [0.2, 0.25) is 5.78 Å². The van der Waals surface area contributed by atoms with Crippen molar-refractivity contribution in [2.75, 3.05) is 0 Å². The van der Waals surface area contributed by atoms with Crippen molar-refractivity contribution in [3.63, 3.8) is 0 Å². The highest BCUT2D eigenvalue weighted by Crippen LogP contribution is 2.21. The van der Waals surface area contributed by atoms with Gasteiger partial charge in [-0.3, -0.25) is 4.79 Å². The van der Waals surface area contributed by atoms with Crippen LogP contribution in [0.5, 0.6) is 0 Å². The fourth-order valence-corrected chi connectivity index (χ4v) is 1.54. The van der Waals surface area contributed by atoms with Crippen LogP contribution in [0.3, 0.4) is 0 Å². The molecule has 72 valence electrons. The molecule has 0 aliphatic heterocycles. The molecule has 0 fully saturated rings. The van der Waals surface area contributed by atoms with Crippen LogP contribution in [0.25, 0.3) is 0 Å². The van der Waals surface area contributed by atoms with Gasteiger partial charge < -0.3 is 0 Å². The van der Waals surface area contributed by atoms with E-state index in [-0.39, 0.29) is 0 Å². The first-order valence-electron chi connectivity index (χ1n) is 3.41. The van der Waals surface area contributed by atoms with Gasteiger partial charge >= 0.3 is 6.18 Å². The van der Waals surface area contributed by atoms with Crippen molar-refractivity contribution >= 4 is 17.1 Å². The number of thiazole rings is 1. The topological polar surface area (TPSA) is 30.0 Å². The van der Waals surface area contributed by atoms with E-state index in [1.165, 1.54) is 6.20 Å². The second-order valence-electron chi connectivity index (χ2n) is 2.44. The number of ketones is 1. The largest absolute Gasteiger partial charge is 0.450 e. The molecule has 0 aliphatic rings. The molecule has 6 heteroatoms. The lowest BCUT2D eigenvalue weighted by Crippen LogP contribution is -2.24. The Morgan fingerprint density at radius 3 is 2.62 bits per heavy atom. The zero-order valence-electron chi connectivity index (χ0n) is 6.68. The number of hydrogen-bond donors (Lipinski definition) is 0. The predicted octanol–water partition coefficient (Wildman–Crippen LogP) is 2.13. The van der Waals surface area contributed by atoms with Crippen LogP contribution in [0.4, 0.5) is 13.2 Å². The molecule has 1 aromatic rings. The fourth-order valence-electron chi connectivity index (χ4n) is 0.746. The third-order valence-electron chi connectivity index (χ3n) is 1.32. The molecule has 2 nitrogen and oxygen atoms in total. The number of carbonyl (C=O) groups excluding carboxylic acids is 1. The fraction of sp³-hybridized carbons (Fsp3) is 0.429. The molecule has 0 bridgehead atoms. The highest BCUT2D eigenvalue weighted by Gasteiger charge is 2.37. The Bertz CT molecular complexity index is 318. The zero-order valence-corrected chi connectivity index (χ0v) is 7.50. The van der Waals surface area contributed by atoms with Crippen LogP contribution < -0.4 is 0 Å². The van der Waals surface area contributed by atoms with Gasteiger partial charge in [0.15, 0.2) is 0 Å². The first-order valence-corrected chi connectivity index (χ1v) is 4.22. The second-order valence-corrected chi connectivity index (χ2v) is 3.76. The number of Topliss-reactive ketones (excluding diaryl/α,β-unsaturated/α-hetero) is 1. The molecule has 0 unspecified atom stereocenters. The van der Waals surface area contributed by atoms with Gasteiger partial charge in [-0.05, 0) is 6.92 Å². The van der Waals surface area contributed by atoms with E-state index in [1.807, 2.05) is 0 Å². The minimum absolute atomic E-state index is 0.347. The van der Waals surface area contributed by atoms with Gasteiger partial charge in [-0.1, -0.05) is 0 Å². The smallest absolute Gasteiger partial charge is 0.289 e. The Kier molecular flexibility index (Phi) is 2.70. The van der Waals surface area contributed by atoms with Crippen LogP contribution >= 0.6 is 11.3 Å². The molecule has 0 N–H and O–H groups in total. The molecule has 0 atom stereocenters. The third kappa shape index (κ3) is 2.80. The molecular weight excluding hydrogens is 203 g/mol. The lowest BCUT2D eigenvalue weighted by Gasteiger charge is -2.01. The van der Waals surface area contributed by atoms with Crippen LogP contribution in [0, 0.1) is 6.92 Å². The summed E-state index contributed by atoms with van der Waals surface area (Å²) < 4.78 is 35.3. The minimum atomic E-state index is -4.74. The van der Waals surface area contributed by atoms with Gasteiger partial charge in [-0.25, -0.2) is 4.98 Å². The molecule has 1 rings (SSSR count). The quantitative estimate of drug-likeness (QED) is 0.746. The van der Waals surface area contributed by atoms with Crippen LogP contribution in [0.1, 0.15) is 9.88 Å². The van der Waals surface area contributed by atoms with Crippen molar-refractivity contribution in [2.24, 2.45) is 0 Å². The van der Waals surface area contributed by atoms with E-state index in [0.717, 1.165) is 11.3 Å². The molecule has 0 radical (unpaired) electrons. The number of aromatic nitrogens is 1. The summed E-state index contributed by atoms with van der Waals surface area (Å²) in [5, 5.41) is 0.657. The average Bonchev–Trinajstić information content (AvgIpc) is 2.33. The van der Waals surface area contributed by atoms with Crippen molar-refractivity contribution in [1.29, 1.82) is 0 Å². The van der Waals surface area contributed by atoms with Gasteiger partial charge in [0.25, 0.3) is 0 Å². The summed E-state index contributed by atoms with van der Waals surface area (Å²) >= 11 is 1.10. The lowest BCUT2D eigenvalue weighted by molar-refractivity contribution is -0.170. The van der Waals surface area contributed by atoms with Crippen molar-refractivity contribution in [2.45, 2.75) is 19.5 Å². The number of hydrogen-bond acceptors (Lipinski definition) is 3. The van der Waals surface area contributed by atoms with Crippen LogP contribution in [0.15, 0.2) is 6.20 Å². The molecule has 1 aromatic heterocycles. The normalized spacial score (nSPS) is 11.7. The predicted molar refractivity (Wildman–Crippen MR) is 41.6 cm³/mol. The van der Waals surface area contributed by atoms with Crippen molar-refractivity contribution < 1.29 is 18.0 Å². The first kappa shape index (κ1) is 10.2. The van der Waals surface area contributed by atoms with Crippen molar-refractivity contribution in [3.05, 3.63) is 16.1 Å². The van der Waals surface area contributed by atoms with E-state index in [4.69, 9.17) is 0 Å². The first-order chi connectivity index (χ1) is 5.89. The molecule has 0 aliphatic carbocycles. The Hall–Kier alpha value is -0.910. The van der Waals surface area contributed by atoms with Gasteiger partial charge in [-0.15, -0.1) is 11.3 Å². The van der Waals surface area contributed by atoms with E-state index in [0.29, 0.717) is 9.88 Å². The van der Waals surface area contributed by atoms with E-state index in [2.05, 4.69) is 4.98 Å². The molecule has 0 aromatic carbocycles. The maximum atomic E-state index is 11.8. The molecule has 13 heavy (non-hydrogen) atoms. The molecule has 0 saturated carbocycles. The standard InChI is InChI=1S/C7H6F3NOS/c1-4-11-3-5(13-4)2-6(12)7(8,9)10/h3H,2H2,1H3. The van der Waals surface area contributed by atoms with E-state index >= 15 is 0 Å². The Morgan fingerprint density at radius 1 is 1.62 bits per heavy atom. The van der Waals surface area contributed by atoms with E-state index < -0.39 is 18.4 Å². The summed E-state index contributed by atoms with van der Waals surface area (Å²) in [6.07, 6.45) is -4.05. The van der Waals surface area contributed by atoms with E-state index in [1.54, 1.807) is 6.92 Å². The molecule has 0 spiro atoms. The Labute approximate surface area is 76.4 Å². The number of aryl methyl sites for hydroxylation is 1. The Morgan fingerprint density at radius 2 is 2.23 bits per heavy atom. The molecule has 1 heterocycles. The number of rotatable bonds is 2. The number of alkyl halides is 3. The SMILES string of the molecule is Cc1ncc(CC(=O)C(F)(F)F)s1. The van der Waals surface area contributed by atoms with Gasteiger partial charge in [0, 0.05) is 11.1 Å². The summed E-state index contributed by atoms with van der Waals surface area (Å²) in [7, 11) is 0. The molecular formula is C7H6F3NOS. The Balaban J connectivity index is 2.65. The monoisotopic (exact) mass is 209 g/mol. The van der Waals surface area contributed by atoms with Crippen molar-refractivity contribution in [1.82, 2.24) is 4.98 Å². The van der Waals surface area contributed by atoms with Crippen LogP contribution in [-0.2, 0) is 11.2 Å². The maximum Gasteiger partial charge on any atom is 0.450 e. The van der Waals surface area contributed by atoms with E-state index in [9.17, 15) is 18.0 Å². The summed E-state index contributed by atoms with van der Waals surface area (Å²) in [5.41, 5.74) is 0. The van der Waals surface area contributed by atoms with Gasteiger partial charge in [-0.2, -0.15) is 13.2 Å². The number of carbonyl (C=O) groups is 1. The lowest BCUT2D eigenvalue weighted by atomic mass is 10.2. The van der Waals surface area contributed by atoms with Crippen LogP contribution in [-0.4, -0.2) is 16.9 Å². The van der Waals surface area contributed by atoms with Gasteiger partial charge in [0.1, 0.15) is 0 Å². The second kappa shape index (κ2) is 3.45. The highest BCUT2D eigenvalue weighted by molar-refractivity contribution is 7.11. The number of halogens is 3. The highest BCUT2D eigenvalue weighted by atomic mass is 32.1. The summed E-state index contributed by atoms with van der Waals surface area (Å²) in [6.45, 7) is 1.67.